The van der Waals surface area contributed by atoms with E-state index >= 15 is 0 Å². The second kappa shape index (κ2) is 9.91. The van der Waals surface area contributed by atoms with Gasteiger partial charge in [0.2, 0.25) is 5.91 Å². The molecule has 0 bridgehead atoms. The fraction of sp³-hybridized carbons (Fsp3) is 0.0800. The molecule has 0 spiro atoms. The first kappa shape index (κ1) is 20.6. The molecule has 0 saturated heterocycles. The molecular formula is C25H22N4OS. The van der Waals surface area contributed by atoms with Gasteiger partial charge in [0, 0.05) is 30.1 Å². The van der Waals surface area contributed by atoms with Crippen LogP contribution in [0.15, 0.2) is 96.2 Å². The van der Waals surface area contributed by atoms with Crippen molar-refractivity contribution in [3.05, 3.63) is 102 Å². The number of benzene rings is 3. The molecule has 0 saturated carbocycles. The summed E-state index contributed by atoms with van der Waals surface area (Å²) in [4.78, 5) is 12.3. The van der Waals surface area contributed by atoms with E-state index in [1.165, 1.54) is 11.6 Å². The molecule has 0 fully saturated rings. The molecular weight excluding hydrogens is 404 g/mol. The second-order valence-electron chi connectivity index (χ2n) is 6.95. The molecule has 6 heteroatoms. The third-order valence-electron chi connectivity index (χ3n) is 4.66. The van der Waals surface area contributed by atoms with Crippen molar-refractivity contribution in [2.24, 2.45) is 7.05 Å². The Hall–Kier alpha value is -3.64. The Bertz CT molecular complexity index is 1190. The van der Waals surface area contributed by atoms with Gasteiger partial charge >= 0.3 is 0 Å². The largest absolute Gasteiger partial charge is 0.322 e. The number of nitrogens with one attached hydrogen (secondary N) is 1. The van der Waals surface area contributed by atoms with Gasteiger partial charge in [-0.3, -0.25) is 4.79 Å². The normalized spacial score (nSPS) is 11.0. The molecule has 0 unspecified atom stereocenters. The summed E-state index contributed by atoms with van der Waals surface area (Å²) in [6.45, 7) is 0. The minimum absolute atomic E-state index is 0.182. The summed E-state index contributed by atoms with van der Waals surface area (Å²) in [5.41, 5.74) is 3.82. The zero-order chi connectivity index (χ0) is 21.5. The lowest BCUT2D eigenvalue weighted by Gasteiger charge is -2.07. The van der Waals surface area contributed by atoms with Crippen molar-refractivity contribution in [3.8, 4) is 11.4 Å². The quantitative estimate of drug-likeness (QED) is 0.316. The van der Waals surface area contributed by atoms with Crippen molar-refractivity contribution >= 4 is 29.4 Å². The lowest BCUT2D eigenvalue weighted by atomic mass is 10.2. The highest BCUT2D eigenvalue weighted by Gasteiger charge is 2.12. The van der Waals surface area contributed by atoms with Crippen LogP contribution >= 0.6 is 11.8 Å². The van der Waals surface area contributed by atoms with Gasteiger partial charge in [-0.15, -0.1) is 10.2 Å². The minimum Gasteiger partial charge on any atom is -0.322 e. The Morgan fingerprint density at radius 1 is 0.968 bits per heavy atom. The summed E-state index contributed by atoms with van der Waals surface area (Å²) >= 11 is 1.65. The van der Waals surface area contributed by atoms with E-state index in [-0.39, 0.29) is 5.91 Å². The molecule has 31 heavy (non-hydrogen) atoms. The molecule has 0 radical (unpaired) electrons. The average Bonchev–Trinajstić information content (AvgIpc) is 3.18. The Labute approximate surface area is 185 Å². The number of carbonyl (C=O) groups is 1. The van der Waals surface area contributed by atoms with Crippen LogP contribution in [0, 0.1) is 0 Å². The maximum atomic E-state index is 12.3. The van der Waals surface area contributed by atoms with Gasteiger partial charge in [0.05, 0.1) is 0 Å². The zero-order valence-electron chi connectivity index (χ0n) is 17.1. The molecule has 3 aromatic carbocycles. The van der Waals surface area contributed by atoms with E-state index in [0.717, 1.165) is 27.9 Å². The van der Waals surface area contributed by atoms with Gasteiger partial charge in [0.15, 0.2) is 11.0 Å². The van der Waals surface area contributed by atoms with Crippen molar-refractivity contribution in [2.75, 3.05) is 5.32 Å². The standard InChI is InChI=1S/C25H22N4OS/c1-29-24(27-28-25(29)31-18-20-11-6-3-7-12-20)21-13-8-14-22(17-21)26-23(30)16-15-19-9-4-2-5-10-19/h2-17H,18H2,1H3,(H,26,30)/b16-15-. The van der Waals surface area contributed by atoms with Crippen LogP contribution in [0.5, 0.6) is 0 Å². The summed E-state index contributed by atoms with van der Waals surface area (Å²) in [6.07, 6.45) is 3.32. The Balaban J connectivity index is 1.44. The SMILES string of the molecule is Cn1c(SCc2ccccc2)nnc1-c1cccc(NC(=O)/C=C\c2ccccc2)c1. The number of nitrogens with zero attached hydrogens (tertiary/aromatic N) is 3. The molecule has 0 aliphatic rings. The lowest BCUT2D eigenvalue weighted by Crippen LogP contribution is -2.07. The first-order valence-electron chi connectivity index (χ1n) is 9.90. The molecule has 1 N–H and O–H groups in total. The number of carbonyl (C=O) groups excluding carboxylic acids is 1. The van der Waals surface area contributed by atoms with Crippen LogP contribution in [-0.2, 0) is 17.6 Å². The highest BCUT2D eigenvalue weighted by molar-refractivity contribution is 7.98. The number of hydrogen-bond acceptors (Lipinski definition) is 4. The van der Waals surface area contributed by atoms with Crippen LogP contribution in [0.1, 0.15) is 11.1 Å². The Morgan fingerprint density at radius 3 is 2.48 bits per heavy atom. The Morgan fingerprint density at radius 2 is 1.71 bits per heavy atom. The first-order valence-corrected chi connectivity index (χ1v) is 10.9. The molecule has 0 aliphatic heterocycles. The van der Waals surface area contributed by atoms with Gasteiger partial charge in [0.1, 0.15) is 0 Å². The van der Waals surface area contributed by atoms with E-state index in [9.17, 15) is 4.79 Å². The smallest absolute Gasteiger partial charge is 0.248 e. The van der Waals surface area contributed by atoms with Crippen molar-refractivity contribution in [2.45, 2.75) is 10.9 Å². The summed E-state index contributed by atoms with van der Waals surface area (Å²) in [7, 11) is 1.95. The number of hydrogen-bond donors (Lipinski definition) is 1. The fourth-order valence-corrected chi connectivity index (χ4v) is 3.94. The molecule has 154 valence electrons. The molecule has 0 aliphatic carbocycles. The number of rotatable bonds is 7. The van der Waals surface area contributed by atoms with E-state index < -0.39 is 0 Å². The van der Waals surface area contributed by atoms with Gasteiger partial charge in [-0.05, 0) is 29.3 Å². The van der Waals surface area contributed by atoms with E-state index in [4.69, 9.17) is 0 Å². The second-order valence-corrected chi connectivity index (χ2v) is 7.90. The summed E-state index contributed by atoms with van der Waals surface area (Å²) < 4.78 is 1.98. The van der Waals surface area contributed by atoms with Crippen LogP contribution in [0.3, 0.4) is 0 Å². The summed E-state index contributed by atoms with van der Waals surface area (Å²) in [5, 5.41) is 12.5. The third kappa shape index (κ3) is 5.49. The van der Waals surface area contributed by atoms with Crippen LogP contribution < -0.4 is 5.32 Å². The number of aromatic nitrogens is 3. The molecule has 1 amide bonds. The molecule has 5 nitrogen and oxygen atoms in total. The highest BCUT2D eigenvalue weighted by Crippen LogP contribution is 2.26. The molecule has 4 rings (SSSR count). The van der Waals surface area contributed by atoms with Crippen LogP contribution in [0.2, 0.25) is 0 Å². The number of amides is 1. The minimum atomic E-state index is -0.182. The number of thioether (sulfide) groups is 1. The predicted octanol–water partition coefficient (Wildman–Crippen LogP) is 5.43. The molecule has 0 atom stereocenters. The van der Waals surface area contributed by atoms with Crippen molar-refractivity contribution in [1.29, 1.82) is 0 Å². The van der Waals surface area contributed by atoms with Gasteiger partial charge in [-0.2, -0.15) is 0 Å². The maximum absolute atomic E-state index is 12.3. The summed E-state index contributed by atoms with van der Waals surface area (Å²) in [6, 6.07) is 27.6. The molecule has 4 aromatic rings. The van der Waals surface area contributed by atoms with Gasteiger partial charge in [-0.25, -0.2) is 0 Å². The van der Waals surface area contributed by atoms with E-state index in [1.807, 2.05) is 84.4 Å². The molecule has 1 aromatic heterocycles. The van der Waals surface area contributed by atoms with Crippen molar-refractivity contribution < 1.29 is 4.79 Å². The monoisotopic (exact) mass is 426 g/mol. The van der Waals surface area contributed by atoms with Gasteiger partial charge in [0.25, 0.3) is 0 Å². The van der Waals surface area contributed by atoms with E-state index in [2.05, 4.69) is 27.6 Å². The highest BCUT2D eigenvalue weighted by atomic mass is 32.2. The van der Waals surface area contributed by atoms with Gasteiger partial charge < -0.3 is 9.88 Å². The first-order chi connectivity index (χ1) is 15.2. The van der Waals surface area contributed by atoms with Gasteiger partial charge in [-0.1, -0.05) is 84.6 Å². The summed E-state index contributed by atoms with van der Waals surface area (Å²) in [5.74, 6) is 1.40. The van der Waals surface area contributed by atoms with Crippen LogP contribution in [0.25, 0.3) is 17.5 Å². The maximum Gasteiger partial charge on any atom is 0.248 e. The zero-order valence-corrected chi connectivity index (χ0v) is 17.9. The van der Waals surface area contributed by atoms with Crippen molar-refractivity contribution in [3.63, 3.8) is 0 Å². The third-order valence-corrected chi connectivity index (χ3v) is 5.75. The van der Waals surface area contributed by atoms with E-state index in [1.54, 1.807) is 17.8 Å². The Kier molecular flexibility index (Phi) is 6.59. The lowest BCUT2D eigenvalue weighted by molar-refractivity contribution is -0.111. The number of anilines is 1. The average molecular weight is 427 g/mol. The fourth-order valence-electron chi connectivity index (χ4n) is 3.07. The van der Waals surface area contributed by atoms with Crippen LogP contribution in [-0.4, -0.2) is 20.7 Å². The van der Waals surface area contributed by atoms with Crippen LogP contribution in [0.4, 0.5) is 5.69 Å². The molecule has 1 heterocycles. The van der Waals surface area contributed by atoms with E-state index in [0.29, 0.717) is 5.69 Å². The topological polar surface area (TPSA) is 59.8 Å². The predicted molar refractivity (Wildman–Crippen MR) is 127 cm³/mol. The van der Waals surface area contributed by atoms with Crippen molar-refractivity contribution in [1.82, 2.24) is 14.8 Å².